The lowest BCUT2D eigenvalue weighted by Gasteiger charge is -2.38. The minimum atomic E-state index is -1.55. The summed E-state index contributed by atoms with van der Waals surface area (Å²) in [6.07, 6.45) is 3.09. The van der Waals surface area contributed by atoms with Crippen LogP contribution in [0.4, 0.5) is 0 Å². The first-order chi connectivity index (χ1) is 10.0. The molecule has 21 heavy (non-hydrogen) atoms. The Labute approximate surface area is 124 Å². The number of ether oxygens (including phenoxy) is 2. The van der Waals surface area contributed by atoms with Crippen molar-refractivity contribution in [3.8, 4) is 0 Å². The smallest absolute Gasteiger partial charge is 0.325 e. The van der Waals surface area contributed by atoms with Crippen molar-refractivity contribution < 1.29 is 23.9 Å². The molecule has 0 bridgehead atoms. The van der Waals surface area contributed by atoms with Crippen LogP contribution in [0.2, 0.25) is 0 Å². The van der Waals surface area contributed by atoms with Gasteiger partial charge in [-0.05, 0) is 33.1 Å². The summed E-state index contributed by atoms with van der Waals surface area (Å²) in [5.74, 6) is -1.51. The molecule has 6 nitrogen and oxygen atoms in total. The van der Waals surface area contributed by atoms with Gasteiger partial charge in [0.2, 0.25) is 5.91 Å². The van der Waals surface area contributed by atoms with Crippen LogP contribution in [-0.4, -0.2) is 37.1 Å². The maximum atomic E-state index is 12.5. The van der Waals surface area contributed by atoms with Crippen molar-refractivity contribution in [2.75, 3.05) is 13.2 Å². The minimum Gasteiger partial charge on any atom is -0.465 e. The summed E-state index contributed by atoms with van der Waals surface area (Å²) < 4.78 is 10.2. The van der Waals surface area contributed by atoms with Gasteiger partial charge < -0.3 is 14.8 Å². The lowest BCUT2D eigenvalue weighted by Crippen LogP contribution is -2.58. The zero-order valence-electron chi connectivity index (χ0n) is 12.6. The second-order valence-corrected chi connectivity index (χ2v) is 4.92. The molecule has 0 saturated carbocycles. The van der Waals surface area contributed by atoms with E-state index in [1.807, 2.05) is 0 Å². The summed E-state index contributed by atoms with van der Waals surface area (Å²) in [6, 6.07) is -0.630. The van der Waals surface area contributed by atoms with Crippen LogP contribution in [0.3, 0.4) is 0 Å². The average Bonchev–Trinajstić information content (AvgIpc) is 2.45. The Morgan fingerprint density at radius 2 is 1.90 bits per heavy atom. The quantitative estimate of drug-likeness (QED) is 0.436. The zero-order chi connectivity index (χ0) is 15.9. The average molecular weight is 297 g/mol. The second kappa shape index (κ2) is 7.81. The fraction of sp³-hybridized carbons (Fsp3) is 0.667. The second-order valence-electron chi connectivity index (χ2n) is 4.92. The third kappa shape index (κ3) is 3.62. The summed E-state index contributed by atoms with van der Waals surface area (Å²) in [6.45, 7) is 7.25. The van der Waals surface area contributed by atoms with Gasteiger partial charge in [0.05, 0.1) is 19.3 Å². The van der Waals surface area contributed by atoms with Crippen LogP contribution in [0.25, 0.3) is 0 Å². The Bertz CT molecular complexity index is 400. The van der Waals surface area contributed by atoms with Crippen molar-refractivity contribution in [2.24, 2.45) is 5.41 Å². The summed E-state index contributed by atoms with van der Waals surface area (Å²) >= 11 is 0. The lowest BCUT2D eigenvalue weighted by molar-refractivity contribution is -0.175. The summed E-state index contributed by atoms with van der Waals surface area (Å²) in [5.41, 5.74) is -1.55. The van der Waals surface area contributed by atoms with Crippen molar-refractivity contribution in [3.63, 3.8) is 0 Å². The fourth-order valence-electron chi connectivity index (χ4n) is 2.60. The molecule has 1 atom stereocenters. The van der Waals surface area contributed by atoms with Gasteiger partial charge in [-0.15, -0.1) is 6.58 Å². The van der Waals surface area contributed by atoms with Crippen LogP contribution in [0.1, 0.15) is 39.5 Å². The topological polar surface area (TPSA) is 81.7 Å². The molecular weight excluding hydrogens is 274 g/mol. The molecule has 1 aliphatic heterocycles. The van der Waals surface area contributed by atoms with Gasteiger partial charge in [0.1, 0.15) is 0 Å². The van der Waals surface area contributed by atoms with Crippen LogP contribution < -0.4 is 5.32 Å². The Morgan fingerprint density at radius 1 is 1.33 bits per heavy atom. The molecule has 1 rings (SSSR count). The minimum absolute atomic E-state index is 0.0651. The Morgan fingerprint density at radius 3 is 2.33 bits per heavy atom. The highest BCUT2D eigenvalue weighted by Gasteiger charge is 2.55. The van der Waals surface area contributed by atoms with Crippen molar-refractivity contribution >= 4 is 17.8 Å². The summed E-state index contributed by atoms with van der Waals surface area (Å²) in [7, 11) is 0. The molecule has 1 amide bonds. The van der Waals surface area contributed by atoms with E-state index < -0.39 is 23.4 Å². The molecule has 1 aliphatic rings. The van der Waals surface area contributed by atoms with Gasteiger partial charge in [-0.3, -0.25) is 14.4 Å². The zero-order valence-corrected chi connectivity index (χ0v) is 12.6. The van der Waals surface area contributed by atoms with E-state index in [9.17, 15) is 14.4 Å². The van der Waals surface area contributed by atoms with E-state index >= 15 is 0 Å². The highest BCUT2D eigenvalue weighted by molar-refractivity contribution is 6.02. The summed E-state index contributed by atoms with van der Waals surface area (Å²) in [5, 5.41) is 2.73. The van der Waals surface area contributed by atoms with Crippen molar-refractivity contribution in [3.05, 3.63) is 12.7 Å². The molecule has 1 heterocycles. The number of amides is 1. The molecule has 0 radical (unpaired) electrons. The van der Waals surface area contributed by atoms with E-state index in [1.54, 1.807) is 13.8 Å². The molecule has 0 aromatic rings. The first-order valence-corrected chi connectivity index (χ1v) is 7.27. The van der Waals surface area contributed by atoms with Gasteiger partial charge in [-0.1, -0.05) is 6.08 Å². The van der Waals surface area contributed by atoms with Gasteiger partial charge in [0, 0.05) is 6.42 Å². The van der Waals surface area contributed by atoms with E-state index in [-0.39, 0.29) is 25.5 Å². The van der Waals surface area contributed by atoms with Gasteiger partial charge in [0.15, 0.2) is 5.41 Å². The van der Waals surface area contributed by atoms with E-state index in [0.29, 0.717) is 19.3 Å². The molecule has 1 saturated heterocycles. The van der Waals surface area contributed by atoms with E-state index in [4.69, 9.17) is 9.47 Å². The van der Waals surface area contributed by atoms with Gasteiger partial charge in [0.25, 0.3) is 0 Å². The van der Waals surface area contributed by atoms with Crippen molar-refractivity contribution in [1.82, 2.24) is 5.32 Å². The Balaban J connectivity index is 3.20. The summed E-state index contributed by atoms with van der Waals surface area (Å²) in [4.78, 5) is 36.6. The number of carbonyl (C=O) groups excluding carboxylic acids is 3. The molecule has 6 heteroatoms. The third-order valence-corrected chi connectivity index (χ3v) is 3.57. The monoisotopic (exact) mass is 297 g/mol. The van der Waals surface area contributed by atoms with E-state index in [0.717, 1.165) is 0 Å². The largest absolute Gasteiger partial charge is 0.465 e. The predicted molar refractivity (Wildman–Crippen MR) is 76.3 cm³/mol. The maximum absolute atomic E-state index is 12.5. The van der Waals surface area contributed by atoms with Gasteiger partial charge in [-0.2, -0.15) is 0 Å². The molecule has 1 unspecified atom stereocenters. The van der Waals surface area contributed by atoms with Gasteiger partial charge >= 0.3 is 11.9 Å². The van der Waals surface area contributed by atoms with Gasteiger partial charge in [-0.25, -0.2) is 0 Å². The van der Waals surface area contributed by atoms with Crippen LogP contribution in [0.5, 0.6) is 0 Å². The molecule has 1 N–H and O–H groups in total. The third-order valence-electron chi connectivity index (χ3n) is 3.57. The lowest BCUT2D eigenvalue weighted by atomic mass is 9.73. The van der Waals surface area contributed by atoms with Crippen LogP contribution >= 0.6 is 0 Å². The van der Waals surface area contributed by atoms with Crippen LogP contribution in [0, 0.1) is 5.41 Å². The Hall–Kier alpha value is -1.85. The molecule has 0 aromatic heterocycles. The fourth-order valence-corrected chi connectivity index (χ4v) is 2.60. The number of carbonyl (C=O) groups is 3. The number of rotatable bonds is 7. The first-order valence-electron chi connectivity index (χ1n) is 7.27. The number of esters is 2. The van der Waals surface area contributed by atoms with Crippen molar-refractivity contribution in [2.45, 2.75) is 45.6 Å². The normalized spacial score (nSPS) is 18.6. The Kier molecular flexibility index (Phi) is 6.39. The number of hydrogen-bond acceptors (Lipinski definition) is 5. The van der Waals surface area contributed by atoms with Crippen LogP contribution in [0.15, 0.2) is 12.7 Å². The highest BCUT2D eigenvalue weighted by atomic mass is 16.6. The standard InChI is InChI=1S/C15H23NO5/c1-4-10-15(13(18)20-5-2,14(19)21-6-3)11-8-7-9-12(17)16-11/h4,11H,1,5-10H2,2-3H3,(H,16,17). The molecular formula is C15H23NO5. The van der Waals surface area contributed by atoms with Crippen LogP contribution in [-0.2, 0) is 23.9 Å². The highest BCUT2D eigenvalue weighted by Crippen LogP contribution is 2.35. The van der Waals surface area contributed by atoms with Crippen molar-refractivity contribution in [1.29, 1.82) is 0 Å². The molecule has 0 aromatic carbocycles. The SMILES string of the molecule is C=CCC(C(=O)OCC)(C(=O)OCC)C1CCCC(=O)N1. The number of nitrogens with one attached hydrogen (secondary N) is 1. The molecule has 118 valence electrons. The van der Waals surface area contributed by atoms with E-state index in [1.165, 1.54) is 6.08 Å². The maximum Gasteiger partial charge on any atom is 0.325 e. The first kappa shape index (κ1) is 17.2. The number of hydrogen-bond donors (Lipinski definition) is 1. The molecule has 0 spiro atoms. The number of piperidine rings is 1. The number of allylic oxidation sites excluding steroid dienone is 1. The molecule has 1 fully saturated rings. The van der Waals surface area contributed by atoms with E-state index in [2.05, 4.69) is 11.9 Å². The predicted octanol–water partition coefficient (Wildman–Crippen LogP) is 1.34. The molecule has 0 aliphatic carbocycles.